The average Bonchev–Trinajstić information content (AvgIpc) is 2.51. The normalized spacial score (nSPS) is 16.8. The first kappa shape index (κ1) is 15.0. The number of nitrogens with one attached hydrogen (secondary N) is 1. The van der Waals surface area contributed by atoms with Crippen molar-refractivity contribution in [1.29, 1.82) is 0 Å². The summed E-state index contributed by atoms with van der Waals surface area (Å²) in [5.74, 6) is 1.20. The molecule has 0 spiro atoms. The fourth-order valence-electron chi connectivity index (χ4n) is 2.38. The van der Waals surface area contributed by atoms with Gasteiger partial charge in [0, 0.05) is 17.7 Å². The Hall–Kier alpha value is -1.95. The number of aromatic nitrogens is 3. The van der Waals surface area contributed by atoms with Crippen LogP contribution in [0.2, 0.25) is 0 Å². The number of fused-ring (bicyclic) bond motifs is 1. The van der Waals surface area contributed by atoms with Crippen molar-refractivity contribution in [2.75, 3.05) is 17.3 Å². The van der Waals surface area contributed by atoms with E-state index in [0.29, 0.717) is 5.92 Å². The maximum absolute atomic E-state index is 4.42. The predicted molar refractivity (Wildman–Crippen MR) is 92.9 cm³/mol. The van der Waals surface area contributed by atoms with Gasteiger partial charge in [0.1, 0.15) is 6.17 Å². The van der Waals surface area contributed by atoms with E-state index in [1.54, 1.807) is 0 Å². The maximum atomic E-state index is 4.42. The molecule has 1 atom stereocenters. The van der Waals surface area contributed by atoms with E-state index in [4.69, 9.17) is 0 Å². The molecule has 0 fully saturated rings. The molecule has 2 aromatic rings. The minimum atomic E-state index is 0.0142. The smallest absolute Gasteiger partial charge is 0.150 e. The molecule has 1 N–H and O–H groups in total. The van der Waals surface area contributed by atoms with Crippen LogP contribution >= 0.6 is 15.9 Å². The van der Waals surface area contributed by atoms with Crippen LogP contribution in [0, 0.1) is 0 Å². The molecular formula is C16H18BrN5. The third kappa shape index (κ3) is 2.97. The van der Waals surface area contributed by atoms with E-state index < -0.39 is 0 Å². The molecular weight excluding hydrogens is 342 g/mol. The standard InChI is InChI=1S/C16H18BrN5/c1-10(2)11-6-15(21-19-8-11)20-16-5-4-13-14(22(16)3)7-12(17)9-18-13/h4-10,16H,1-3H3,(H,20,21). The van der Waals surface area contributed by atoms with Crippen molar-refractivity contribution in [1.82, 2.24) is 15.2 Å². The summed E-state index contributed by atoms with van der Waals surface area (Å²) in [5, 5.41) is 11.7. The van der Waals surface area contributed by atoms with Crippen LogP contribution < -0.4 is 10.2 Å². The number of hydrogen-bond donors (Lipinski definition) is 1. The Balaban J connectivity index is 1.84. The molecule has 0 radical (unpaired) electrons. The number of pyridine rings is 1. The van der Waals surface area contributed by atoms with Gasteiger partial charge in [-0.3, -0.25) is 4.98 Å². The van der Waals surface area contributed by atoms with E-state index in [1.165, 1.54) is 5.56 Å². The second kappa shape index (κ2) is 6.04. The molecule has 3 rings (SSSR count). The van der Waals surface area contributed by atoms with Gasteiger partial charge in [0.15, 0.2) is 5.82 Å². The van der Waals surface area contributed by atoms with Crippen molar-refractivity contribution in [3.05, 3.63) is 46.3 Å². The monoisotopic (exact) mass is 359 g/mol. The average molecular weight is 360 g/mol. The Bertz CT molecular complexity index is 713. The summed E-state index contributed by atoms with van der Waals surface area (Å²) in [6.45, 7) is 4.29. The summed E-state index contributed by atoms with van der Waals surface area (Å²) in [7, 11) is 2.04. The van der Waals surface area contributed by atoms with Crippen LogP contribution in [0.15, 0.2) is 35.1 Å². The van der Waals surface area contributed by atoms with Gasteiger partial charge >= 0.3 is 0 Å². The summed E-state index contributed by atoms with van der Waals surface area (Å²) in [6, 6.07) is 4.12. The van der Waals surface area contributed by atoms with Gasteiger partial charge in [-0.2, -0.15) is 5.10 Å². The van der Waals surface area contributed by atoms with Gasteiger partial charge < -0.3 is 10.2 Å². The zero-order chi connectivity index (χ0) is 15.7. The lowest BCUT2D eigenvalue weighted by Gasteiger charge is -2.32. The Morgan fingerprint density at radius 3 is 2.86 bits per heavy atom. The largest absolute Gasteiger partial charge is 0.349 e. The third-order valence-corrected chi connectivity index (χ3v) is 4.17. The van der Waals surface area contributed by atoms with Crippen molar-refractivity contribution >= 4 is 33.5 Å². The Morgan fingerprint density at radius 2 is 2.09 bits per heavy atom. The van der Waals surface area contributed by atoms with E-state index in [-0.39, 0.29) is 6.17 Å². The molecule has 5 nitrogen and oxygen atoms in total. The van der Waals surface area contributed by atoms with Crippen LogP contribution in [0.3, 0.4) is 0 Å². The number of anilines is 2. The van der Waals surface area contributed by atoms with E-state index in [9.17, 15) is 0 Å². The Morgan fingerprint density at radius 1 is 1.27 bits per heavy atom. The highest BCUT2D eigenvalue weighted by atomic mass is 79.9. The summed E-state index contributed by atoms with van der Waals surface area (Å²) in [5.41, 5.74) is 3.21. The van der Waals surface area contributed by atoms with E-state index in [1.807, 2.05) is 31.6 Å². The van der Waals surface area contributed by atoms with Crippen LogP contribution in [0.1, 0.15) is 31.0 Å². The van der Waals surface area contributed by atoms with E-state index in [2.05, 4.69) is 67.3 Å². The second-order valence-electron chi connectivity index (χ2n) is 5.65. The number of rotatable bonds is 3. The van der Waals surface area contributed by atoms with Crippen LogP contribution in [-0.2, 0) is 0 Å². The minimum absolute atomic E-state index is 0.0142. The molecule has 1 aliphatic rings. The van der Waals surface area contributed by atoms with Gasteiger partial charge in [-0.1, -0.05) is 13.8 Å². The summed E-state index contributed by atoms with van der Waals surface area (Å²) in [6.07, 6.45) is 7.74. The van der Waals surface area contributed by atoms with Crippen LogP contribution in [0.4, 0.5) is 11.5 Å². The van der Waals surface area contributed by atoms with Crippen LogP contribution in [0.25, 0.3) is 6.08 Å². The lowest BCUT2D eigenvalue weighted by atomic mass is 10.1. The number of nitrogens with zero attached hydrogens (tertiary/aromatic N) is 4. The number of halogens is 1. The lowest BCUT2D eigenvalue weighted by molar-refractivity contribution is 0.801. The number of likely N-dealkylation sites (N-methyl/N-ethyl adjacent to an activating group) is 1. The highest BCUT2D eigenvalue weighted by molar-refractivity contribution is 9.10. The molecule has 2 aromatic heterocycles. The van der Waals surface area contributed by atoms with E-state index >= 15 is 0 Å². The molecule has 0 amide bonds. The number of hydrogen-bond acceptors (Lipinski definition) is 5. The molecule has 1 aliphatic heterocycles. The van der Waals surface area contributed by atoms with Gasteiger partial charge in [-0.25, -0.2) is 0 Å². The lowest BCUT2D eigenvalue weighted by Crippen LogP contribution is -2.39. The third-order valence-electron chi connectivity index (χ3n) is 3.74. The molecule has 0 bridgehead atoms. The molecule has 22 heavy (non-hydrogen) atoms. The molecule has 0 saturated carbocycles. The Kier molecular flexibility index (Phi) is 4.11. The molecule has 0 saturated heterocycles. The van der Waals surface area contributed by atoms with Crippen molar-refractivity contribution < 1.29 is 0 Å². The first-order valence-electron chi connectivity index (χ1n) is 7.20. The summed E-state index contributed by atoms with van der Waals surface area (Å²) in [4.78, 5) is 6.55. The first-order chi connectivity index (χ1) is 10.5. The molecule has 0 aromatic carbocycles. The van der Waals surface area contributed by atoms with Gasteiger partial charge in [0.05, 0.1) is 17.6 Å². The van der Waals surface area contributed by atoms with Gasteiger partial charge in [-0.05, 0) is 51.7 Å². The fourth-order valence-corrected chi connectivity index (χ4v) is 2.69. The maximum Gasteiger partial charge on any atom is 0.150 e. The predicted octanol–water partition coefficient (Wildman–Crippen LogP) is 3.66. The summed E-state index contributed by atoms with van der Waals surface area (Å²) >= 11 is 3.47. The quantitative estimate of drug-likeness (QED) is 0.905. The van der Waals surface area contributed by atoms with Gasteiger partial charge in [0.25, 0.3) is 0 Å². The molecule has 0 aliphatic carbocycles. The zero-order valence-electron chi connectivity index (χ0n) is 12.8. The molecule has 6 heteroatoms. The van der Waals surface area contributed by atoms with Crippen LogP contribution in [-0.4, -0.2) is 28.4 Å². The zero-order valence-corrected chi connectivity index (χ0v) is 14.4. The first-order valence-corrected chi connectivity index (χ1v) is 7.99. The topological polar surface area (TPSA) is 53.9 Å². The minimum Gasteiger partial charge on any atom is -0.349 e. The highest BCUT2D eigenvalue weighted by Gasteiger charge is 2.20. The van der Waals surface area contributed by atoms with Crippen molar-refractivity contribution in [3.8, 4) is 0 Å². The molecule has 3 heterocycles. The van der Waals surface area contributed by atoms with Crippen molar-refractivity contribution in [2.45, 2.75) is 25.9 Å². The van der Waals surface area contributed by atoms with Crippen molar-refractivity contribution in [3.63, 3.8) is 0 Å². The fraction of sp³-hybridized carbons (Fsp3) is 0.312. The molecule has 114 valence electrons. The Labute approximate surface area is 138 Å². The van der Waals surface area contributed by atoms with Gasteiger partial charge in [-0.15, -0.1) is 5.10 Å². The SMILES string of the molecule is CC(C)c1cnnc(NC2C=Cc3ncc(Br)cc3N2C)c1. The summed E-state index contributed by atoms with van der Waals surface area (Å²) < 4.78 is 0.966. The van der Waals surface area contributed by atoms with Crippen LogP contribution in [0.5, 0.6) is 0 Å². The molecule has 1 unspecified atom stereocenters. The van der Waals surface area contributed by atoms with Gasteiger partial charge in [0.2, 0.25) is 0 Å². The highest BCUT2D eigenvalue weighted by Crippen LogP contribution is 2.29. The van der Waals surface area contributed by atoms with E-state index in [0.717, 1.165) is 21.7 Å². The van der Waals surface area contributed by atoms with Crippen molar-refractivity contribution in [2.24, 2.45) is 0 Å². The second-order valence-corrected chi connectivity index (χ2v) is 6.56.